The Morgan fingerprint density at radius 2 is 2.36 bits per heavy atom. The summed E-state index contributed by atoms with van der Waals surface area (Å²) in [5.41, 5.74) is 0. The molecule has 0 spiro atoms. The van der Waals surface area contributed by atoms with Crippen LogP contribution in [0.3, 0.4) is 0 Å². The highest BCUT2D eigenvalue weighted by Crippen LogP contribution is 2.26. The van der Waals surface area contributed by atoms with Gasteiger partial charge in [-0.2, -0.15) is 0 Å². The van der Waals surface area contributed by atoms with Crippen molar-refractivity contribution in [3.63, 3.8) is 0 Å². The number of piperidine rings is 1. The fourth-order valence-corrected chi connectivity index (χ4v) is 2.51. The Balaban J connectivity index is 2.09. The van der Waals surface area contributed by atoms with E-state index in [-0.39, 0.29) is 12.6 Å². The predicted octanol–water partition coefficient (Wildman–Crippen LogP) is 0.731. The van der Waals surface area contributed by atoms with Crippen molar-refractivity contribution < 1.29 is 9.90 Å². The van der Waals surface area contributed by atoms with Crippen molar-refractivity contribution in [2.24, 2.45) is 0 Å². The molecule has 2 rings (SSSR count). The molecule has 0 saturated carbocycles. The Hall–Kier alpha value is -0.670. The van der Waals surface area contributed by atoms with Crippen molar-refractivity contribution in [3.8, 4) is 0 Å². The molecule has 0 bridgehead atoms. The monoisotopic (exact) mass is 195 g/mol. The minimum atomic E-state index is 0.185. The smallest absolute Gasteiger partial charge is 0.136 e. The highest BCUT2D eigenvalue weighted by molar-refractivity contribution is 5.80. The topological polar surface area (TPSA) is 40.5 Å². The van der Waals surface area contributed by atoms with E-state index in [9.17, 15) is 4.79 Å². The molecule has 2 atom stereocenters. The summed E-state index contributed by atoms with van der Waals surface area (Å²) < 4.78 is 0. The second kappa shape index (κ2) is 4.24. The lowest BCUT2D eigenvalue weighted by Crippen LogP contribution is -2.50. The first kappa shape index (κ1) is 9.87. The quantitative estimate of drug-likeness (QED) is 0.660. The van der Waals surface area contributed by atoms with Crippen LogP contribution in [0, 0.1) is 0 Å². The van der Waals surface area contributed by atoms with E-state index in [0.717, 1.165) is 19.4 Å². The van der Waals surface area contributed by atoms with Gasteiger partial charge in [0.05, 0.1) is 0 Å². The number of carbonyl (C=O) groups excluding carboxylic acids is 1. The zero-order chi connectivity index (χ0) is 9.97. The molecule has 1 fully saturated rings. The molecule has 0 radical (unpaired) electrons. The number of aliphatic hydroxyl groups is 1. The Morgan fingerprint density at radius 3 is 3.14 bits per heavy atom. The van der Waals surface area contributed by atoms with Crippen molar-refractivity contribution in [2.75, 3.05) is 13.2 Å². The molecule has 0 aromatic rings. The molecule has 0 amide bonds. The number of carbonyl (C=O) groups is 1. The fourth-order valence-electron chi connectivity index (χ4n) is 2.51. The van der Waals surface area contributed by atoms with E-state index in [2.05, 4.69) is 17.1 Å². The number of hydrogen-bond acceptors (Lipinski definition) is 3. The average molecular weight is 195 g/mol. The van der Waals surface area contributed by atoms with Gasteiger partial charge in [-0.05, 0) is 12.8 Å². The van der Waals surface area contributed by atoms with Crippen LogP contribution in [0.5, 0.6) is 0 Å². The molecule has 1 N–H and O–H groups in total. The first-order valence-electron chi connectivity index (χ1n) is 5.36. The van der Waals surface area contributed by atoms with E-state index in [4.69, 9.17) is 5.11 Å². The number of hydrogen-bond donors (Lipinski definition) is 1. The molecule has 3 nitrogen and oxygen atoms in total. The van der Waals surface area contributed by atoms with Gasteiger partial charge in [-0.3, -0.25) is 9.69 Å². The number of rotatable bonds is 2. The zero-order valence-electron chi connectivity index (χ0n) is 8.35. The van der Waals surface area contributed by atoms with Gasteiger partial charge in [-0.25, -0.2) is 0 Å². The van der Waals surface area contributed by atoms with E-state index in [0.29, 0.717) is 24.7 Å². The summed E-state index contributed by atoms with van der Waals surface area (Å²) in [6.45, 7) is 1.23. The van der Waals surface area contributed by atoms with Gasteiger partial charge in [-0.15, -0.1) is 0 Å². The number of Topliss-reactive ketones (excluding diaryl/α,β-unsaturated/α-hetero) is 1. The summed E-state index contributed by atoms with van der Waals surface area (Å²) in [7, 11) is 0. The van der Waals surface area contributed by atoms with E-state index in [1.54, 1.807) is 0 Å². The molecule has 3 heteroatoms. The highest BCUT2D eigenvalue weighted by atomic mass is 16.3. The van der Waals surface area contributed by atoms with Gasteiger partial charge >= 0.3 is 0 Å². The van der Waals surface area contributed by atoms with Crippen LogP contribution in [0.4, 0.5) is 0 Å². The number of aliphatic hydroxyl groups excluding tert-OH is 1. The standard InChI is InChI=1S/C11H17NO2/c13-6-4-10-8-11(14)7-9-3-1-2-5-12(9)10/h1,3,9-10,13H,2,4-8H2/t9-,10-/m1/s1. The van der Waals surface area contributed by atoms with Crippen LogP contribution in [0.1, 0.15) is 25.7 Å². The lowest BCUT2D eigenvalue weighted by molar-refractivity contribution is -0.124. The number of nitrogens with zero attached hydrogens (tertiary/aromatic N) is 1. The van der Waals surface area contributed by atoms with Crippen LogP contribution < -0.4 is 0 Å². The third-order valence-electron chi connectivity index (χ3n) is 3.17. The normalized spacial score (nSPS) is 33.1. The van der Waals surface area contributed by atoms with E-state index in [1.807, 2.05) is 0 Å². The Morgan fingerprint density at radius 1 is 1.50 bits per heavy atom. The summed E-state index contributed by atoms with van der Waals surface area (Å²) in [5.74, 6) is 0.344. The summed E-state index contributed by atoms with van der Waals surface area (Å²) in [6.07, 6.45) is 7.41. The Bertz CT molecular complexity index is 250. The summed E-state index contributed by atoms with van der Waals surface area (Å²) >= 11 is 0. The van der Waals surface area contributed by atoms with Crippen molar-refractivity contribution in [1.82, 2.24) is 4.90 Å². The molecule has 0 aliphatic carbocycles. The summed E-state index contributed by atoms with van der Waals surface area (Å²) in [5, 5.41) is 8.94. The third-order valence-corrected chi connectivity index (χ3v) is 3.17. The molecule has 2 heterocycles. The molecule has 0 aromatic heterocycles. The van der Waals surface area contributed by atoms with Gasteiger partial charge < -0.3 is 5.11 Å². The molecule has 0 aromatic carbocycles. The highest BCUT2D eigenvalue weighted by Gasteiger charge is 2.33. The van der Waals surface area contributed by atoms with Crippen LogP contribution in [0.15, 0.2) is 12.2 Å². The second-order valence-electron chi connectivity index (χ2n) is 4.14. The maximum atomic E-state index is 11.5. The lowest BCUT2D eigenvalue weighted by atomic mass is 9.90. The van der Waals surface area contributed by atoms with Gasteiger partial charge in [0.15, 0.2) is 0 Å². The van der Waals surface area contributed by atoms with E-state index >= 15 is 0 Å². The van der Waals surface area contributed by atoms with Gasteiger partial charge in [0.25, 0.3) is 0 Å². The molecular weight excluding hydrogens is 178 g/mol. The Labute approximate surface area is 84.4 Å². The van der Waals surface area contributed by atoms with Gasteiger partial charge in [0.1, 0.15) is 5.78 Å². The van der Waals surface area contributed by atoms with Crippen LogP contribution in [0.25, 0.3) is 0 Å². The lowest BCUT2D eigenvalue weighted by Gasteiger charge is -2.41. The zero-order valence-corrected chi connectivity index (χ0v) is 8.35. The van der Waals surface area contributed by atoms with Crippen molar-refractivity contribution in [1.29, 1.82) is 0 Å². The van der Waals surface area contributed by atoms with E-state index < -0.39 is 0 Å². The average Bonchev–Trinajstić information content (AvgIpc) is 2.18. The Kier molecular flexibility index (Phi) is 2.99. The van der Waals surface area contributed by atoms with Crippen molar-refractivity contribution in [2.45, 2.75) is 37.8 Å². The van der Waals surface area contributed by atoms with Gasteiger partial charge in [0, 0.05) is 38.1 Å². The SMILES string of the molecule is O=C1C[C@@H](CCO)N2CCC=C[C@@H]2C1. The molecule has 2 aliphatic rings. The van der Waals surface area contributed by atoms with Crippen LogP contribution >= 0.6 is 0 Å². The molecule has 78 valence electrons. The van der Waals surface area contributed by atoms with Crippen molar-refractivity contribution >= 4 is 5.78 Å². The van der Waals surface area contributed by atoms with Gasteiger partial charge in [0.2, 0.25) is 0 Å². The molecular formula is C11H17NO2. The first-order chi connectivity index (χ1) is 6.81. The maximum absolute atomic E-state index is 11.5. The third kappa shape index (κ3) is 1.88. The maximum Gasteiger partial charge on any atom is 0.136 e. The van der Waals surface area contributed by atoms with Crippen LogP contribution in [0.2, 0.25) is 0 Å². The molecule has 2 aliphatic heterocycles. The molecule has 14 heavy (non-hydrogen) atoms. The molecule has 0 unspecified atom stereocenters. The summed E-state index contributed by atoms with van der Waals surface area (Å²) in [4.78, 5) is 13.8. The predicted molar refractivity (Wildman–Crippen MR) is 54.0 cm³/mol. The minimum absolute atomic E-state index is 0.185. The number of ketones is 1. The van der Waals surface area contributed by atoms with Crippen LogP contribution in [-0.2, 0) is 4.79 Å². The summed E-state index contributed by atoms with van der Waals surface area (Å²) in [6, 6.07) is 0.581. The van der Waals surface area contributed by atoms with E-state index in [1.165, 1.54) is 0 Å². The van der Waals surface area contributed by atoms with Gasteiger partial charge in [-0.1, -0.05) is 12.2 Å². The molecule has 1 saturated heterocycles. The largest absolute Gasteiger partial charge is 0.396 e. The second-order valence-corrected chi connectivity index (χ2v) is 4.14. The van der Waals surface area contributed by atoms with Crippen LogP contribution in [-0.4, -0.2) is 41.0 Å². The fraction of sp³-hybridized carbons (Fsp3) is 0.727. The van der Waals surface area contributed by atoms with Crippen molar-refractivity contribution in [3.05, 3.63) is 12.2 Å². The number of fused-ring (bicyclic) bond motifs is 1. The first-order valence-corrected chi connectivity index (χ1v) is 5.36. The minimum Gasteiger partial charge on any atom is -0.396 e.